The molecule has 4 heteroatoms. The maximum absolute atomic E-state index is 3.38. The molecule has 122 valence electrons. The zero-order valence-corrected chi connectivity index (χ0v) is 14.1. The first kappa shape index (κ1) is 14.8. The molecule has 2 aromatic rings. The van der Waals surface area contributed by atoms with E-state index >= 15 is 0 Å². The Hall–Kier alpha value is -1.78. The smallest absolute Gasteiger partial charge is 0.0728 e. The molecule has 23 heavy (non-hydrogen) atoms. The summed E-state index contributed by atoms with van der Waals surface area (Å²) in [6.07, 6.45) is 9.25. The maximum Gasteiger partial charge on any atom is 0.0728 e. The van der Waals surface area contributed by atoms with Crippen LogP contribution >= 0.6 is 0 Å². The van der Waals surface area contributed by atoms with Gasteiger partial charge in [-0.3, -0.25) is 5.32 Å². The molecule has 0 atom stereocenters. The Kier molecular flexibility index (Phi) is 3.87. The third-order valence-corrected chi connectivity index (χ3v) is 5.32. The fourth-order valence-electron chi connectivity index (χ4n) is 3.91. The molecule has 1 aromatic heterocycles. The number of anilines is 1. The molecule has 2 aliphatic rings. The SMILES string of the molecule is CN1CCC(c2cn(C)c3cc(N4C=CCNC4)ccc23)CC1. The van der Waals surface area contributed by atoms with E-state index in [2.05, 4.69) is 70.5 Å². The Morgan fingerprint density at radius 2 is 1.96 bits per heavy atom. The predicted octanol–water partition coefficient (Wildman–Crippen LogP) is 2.87. The molecule has 0 radical (unpaired) electrons. The summed E-state index contributed by atoms with van der Waals surface area (Å²) in [6.45, 7) is 4.27. The molecule has 0 amide bonds. The van der Waals surface area contributed by atoms with Crippen molar-refractivity contribution in [2.45, 2.75) is 18.8 Å². The van der Waals surface area contributed by atoms with Crippen molar-refractivity contribution in [3.05, 3.63) is 42.2 Å². The topological polar surface area (TPSA) is 23.4 Å². The number of benzene rings is 1. The highest BCUT2D eigenvalue weighted by atomic mass is 15.2. The highest BCUT2D eigenvalue weighted by molar-refractivity contribution is 5.87. The molecule has 0 aliphatic carbocycles. The lowest BCUT2D eigenvalue weighted by molar-refractivity contribution is 0.256. The van der Waals surface area contributed by atoms with Gasteiger partial charge in [0.2, 0.25) is 0 Å². The van der Waals surface area contributed by atoms with E-state index in [1.54, 1.807) is 0 Å². The van der Waals surface area contributed by atoms with Crippen molar-refractivity contribution in [3.8, 4) is 0 Å². The van der Waals surface area contributed by atoms with Crippen LogP contribution in [0.15, 0.2) is 36.7 Å². The number of hydrogen-bond acceptors (Lipinski definition) is 3. The van der Waals surface area contributed by atoms with E-state index in [0.29, 0.717) is 5.92 Å². The number of piperidine rings is 1. The van der Waals surface area contributed by atoms with E-state index < -0.39 is 0 Å². The summed E-state index contributed by atoms with van der Waals surface area (Å²) in [5.41, 5.74) is 4.14. The monoisotopic (exact) mass is 310 g/mol. The quantitative estimate of drug-likeness (QED) is 0.922. The van der Waals surface area contributed by atoms with E-state index in [0.717, 1.165) is 13.2 Å². The lowest BCUT2D eigenvalue weighted by Gasteiger charge is -2.29. The molecular weight excluding hydrogens is 284 g/mol. The summed E-state index contributed by atoms with van der Waals surface area (Å²) >= 11 is 0. The van der Waals surface area contributed by atoms with E-state index in [1.807, 2.05) is 0 Å². The predicted molar refractivity (Wildman–Crippen MR) is 96.9 cm³/mol. The molecule has 3 heterocycles. The highest BCUT2D eigenvalue weighted by Gasteiger charge is 2.22. The molecule has 0 unspecified atom stereocenters. The number of nitrogens with zero attached hydrogens (tertiary/aromatic N) is 3. The molecule has 4 nitrogen and oxygen atoms in total. The third kappa shape index (κ3) is 2.77. The number of nitrogens with one attached hydrogen (secondary N) is 1. The molecule has 1 aromatic carbocycles. The van der Waals surface area contributed by atoms with Crippen molar-refractivity contribution in [2.24, 2.45) is 7.05 Å². The average Bonchev–Trinajstić information content (AvgIpc) is 2.93. The van der Waals surface area contributed by atoms with Crippen LogP contribution in [0, 0.1) is 0 Å². The Bertz CT molecular complexity index is 722. The third-order valence-electron chi connectivity index (χ3n) is 5.32. The van der Waals surface area contributed by atoms with Crippen LogP contribution in [-0.2, 0) is 7.05 Å². The molecule has 4 rings (SSSR count). The maximum atomic E-state index is 3.38. The van der Waals surface area contributed by atoms with Crippen LogP contribution in [0.25, 0.3) is 10.9 Å². The summed E-state index contributed by atoms with van der Waals surface area (Å²) in [4.78, 5) is 4.71. The first-order valence-corrected chi connectivity index (χ1v) is 8.64. The first-order valence-electron chi connectivity index (χ1n) is 8.64. The van der Waals surface area contributed by atoms with Crippen molar-refractivity contribution in [1.29, 1.82) is 0 Å². The molecular formula is C19H26N4. The average molecular weight is 310 g/mol. The molecule has 1 fully saturated rings. The van der Waals surface area contributed by atoms with Crippen molar-refractivity contribution < 1.29 is 0 Å². The normalized spacial score (nSPS) is 20.5. The van der Waals surface area contributed by atoms with Gasteiger partial charge in [-0.15, -0.1) is 0 Å². The van der Waals surface area contributed by atoms with E-state index in [1.165, 1.54) is 48.1 Å². The lowest BCUT2D eigenvalue weighted by Crippen LogP contribution is -2.34. The Labute approximate surface area is 138 Å². The van der Waals surface area contributed by atoms with Gasteiger partial charge >= 0.3 is 0 Å². The molecule has 0 saturated carbocycles. The van der Waals surface area contributed by atoms with E-state index in [4.69, 9.17) is 0 Å². The van der Waals surface area contributed by atoms with Crippen molar-refractivity contribution in [3.63, 3.8) is 0 Å². The van der Waals surface area contributed by atoms with E-state index in [-0.39, 0.29) is 0 Å². The Morgan fingerprint density at radius 3 is 2.70 bits per heavy atom. The minimum Gasteiger partial charge on any atom is -0.350 e. The van der Waals surface area contributed by atoms with Gasteiger partial charge in [0.1, 0.15) is 0 Å². The number of hydrogen-bond donors (Lipinski definition) is 1. The van der Waals surface area contributed by atoms with Crippen LogP contribution in [0.1, 0.15) is 24.3 Å². The second kappa shape index (κ2) is 6.02. The minimum absolute atomic E-state index is 0.706. The number of likely N-dealkylation sites (tertiary alicyclic amines) is 1. The van der Waals surface area contributed by atoms with E-state index in [9.17, 15) is 0 Å². The van der Waals surface area contributed by atoms with Gasteiger partial charge in [0.15, 0.2) is 0 Å². The number of aryl methyl sites for hydroxylation is 1. The fourth-order valence-corrected chi connectivity index (χ4v) is 3.91. The van der Waals surface area contributed by atoms with Gasteiger partial charge in [-0.2, -0.15) is 0 Å². The Balaban J connectivity index is 1.68. The molecule has 0 bridgehead atoms. The zero-order chi connectivity index (χ0) is 15.8. The second-order valence-electron chi connectivity index (χ2n) is 6.94. The number of rotatable bonds is 2. The van der Waals surface area contributed by atoms with Gasteiger partial charge in [0.05, 0.1) is 12.2 Å². The van der Waals surface area contributed by atoms with Crippen LogP contribution in [0.3, 0.4) is 0 Å². The van der Waals surface area contributed by atoms with Crippen LogP contribution < -0.4 is 10.2 Å². The van der Waals surface area contributed by atoms with Gasteiger partial charge in [0, 0.05) is 37.1 Å². The zero-order valence-electron chi connectivity index (χ0n) is 14.1. The molecule has 1 saturated heterocycles. The summed E-state index contributed by atoms with van der Waals surface area (Å²) in [6, 6.07) is 6.91. The molecule has 2 aliphatic heterocycles. The summed E-state index contributed by atoms with van der Waals surface area (Å²) in [5.74, 6) is 0.706. The number of aromatic nitrogens is 1. The summed E-state index contributed by atoms with van der Waals surface area (Å²) in [7, 11) is 4.40. The van der Waals surface area contributed by atoms with Crippen LogP contribution in [-0.4, -0.2) is 42.8 Å². The van der Waals surface area contributed by atoms with Gasteiger partial charge in [-0.1, -0.05) is 12.1 Å². The van der Waals surface area contributed by atoms with Crippen molar-refractivity contribution >= 4 is 16.6 Å². The van der Waals surface area contributed by atoms with Crippen LogP contribution in [0.5, 0.6) is 0 Å². The minimum atomic E-state index is 0.706. The van der Waals surface area contributed by atoms with Crippen LogP contribution in [0.4, 0.5) is 5.69 Å². The largest absolute Gasteiger partial charge is 0.350 e. The second-order valence-corrected chi connectivity index (χ2v) is 6.94. The standard InChI is InChI=1S/C19H26N4/c1-21-10-6-15(7-11-21)18-13-22(2)19-12-16(4-5-17(18)19)23-9-3-8-20-14-23/h3-5,9,12-13,15,20H,6-8,10-11,14H2,1-2H3. The lowest BCUT2D eigenvalue weighted by atomic mass is 9.89. The molecule has 1 N–H and O–H groups in total. The van der Waals surface area contributed by atoms with Crippen molar-refractivity contribution in [1.82, 2.24) is 14.8 Å². The van der Waals surface area contributed by atoms with Gasteiger partial charge < -0.3 is 14.4 Å². The van der Waals surface area contributed by atoms with Gasteiger partial charge in [-0.25, -0.2) is 0 Å². The summed E-state index contributed by atoms with van der Waals surface area (Å²) in [5, 5.41) is 4.82. The van der Waals surface area contributed by atoms with Gasteiger partial charge in [-0.05, 0) is 56.6 Å². The fraction of sp³-hybridized carbons (Fsp3) is 0.474. The van der Waals surface area contributed by atoms with Gasteiger partial charge in [0.25, 0.3) is 0 Å². The number of fused-ring (bicyclic) bond motifs is 1. The Morgan fingerprint density at radius 1 is 1.13 bits per heavy atom. The van der Waals surface area contributed by atoms with Crippen molar-refractivity contribution in [2.75, 3.05) is 38.3 Å². The van der Waals surface area contributed by atoms with Crippen LogP contribution in [0.2, 0.25) is 0 Å². The first-order chi connectivity index (χ1) is 11.2. The summed E-state index contributed by atoms with van der Waals surface area (Å²) < 4.78 is 2.30. The highest BCUT2D eigenvalue weighted by Crippen LogP contribution is 2.35. The molecule has 0 spiro atoms.